The minimum Gasteiger partial charge on any atom is -0.495 e. The highest BCUT2D eigenvalue weighted by molar-refractivity contribution is 7.92. The van der Waals surface area contributed by atoms with Gasteiger partial charge in [-0.2, -0.15) is 0 Å². The molecule has 0 aliphatic heterocycles. The van der Waals surface area contributed by atoms with Crippen LogP contribution in [-0.2, 0) is 14.8 Å². The Bertz CT molecular complexity index is 1180. The molecular formula is C24H25FN2O5S. The first-order valence-corrected chi connectivity index (χ1v) is 11.6. The number of sulfonamides is 1. The fourth-order valence-electron chi connectivity index (χ4n) is 3.05. The maximum absolute atomic E-state index is 13.4. The number of hydrogen-bond donors (Lipinski definition) is 1. The SMILES string of the molecule is COc1ccccc1N(CC(=O)NCCOc1ccc(F)cc1)S(=O)(=O)c1ccc(C)cc1. The summed E-state index contributed by atoms with van der Waals surface area (Å²) in [5.74, 6) is -0.106. The number of nitrogens with one attached hydrogen (secondary N) is 1. The molecule has 0 fully saturated rings. The van der Waals surface area contributed by atoms with Crippen LogP contribution in [0.2, 0.25) is 0 Å². The van der Waals surface area contributed by atoms with Gasteiger partial charge in [-0.05, 0) is 55.5 Å². The Morgan fingerprint density at radius 2 is 1.67 bits per heavy atom. The second-order valence-corrected chi connectivity index (χ2v) is 9.01. The molecule has 0 aromatic heterocycles. The number of anilines is 1. The average Bonchev–Trinajstić information content (AvgIpc) is 2.81. The zero-order valence-electron chi connectivity index (χ0n) is 18.3. The Morgan fingerprint density at radius 3 is 2.33 bits per heavy atom. The number of halogens is 1. The maximum atomic E-state index is 13.4. The molecule has 3 aromatic carbocycles. The van der Waals surface area contributed by atoms with Gasteiger partial charge >= 0.3 is 0 Å². The van der Waals surface area contributed by atoms with Crippen LogP contribution in [0.15, 0.2) is 77.7 Å². The van der Waals surface area contributed by atoms with Gasteiger partial charge in [0.25, 0.3) is 10.0 Å². The highest BCUT2D eigenvalue weighted by atomic mass is 32.2. The second-order valence-electron chi connectivity index (χ2n) is 7.15. The third kappa shape index (κ3) is 6.23. The summed E-state index contributed by atoms with van der Waals surface area (Å²) in [7, 11) is -2.62. The van der Waals surface area contributed by atoms with Crippen LogP contribution in [0.3, 0.4) is 0 Å². The van der Waals surface area contributed by atoms with E-state index in [1.807, 2.05) is 6.92 Å². The third-order valence-electron chi connectivity index (χ3n) is 4.76. The van der Waals surface area contributed by atoms with Crippen molar-refractivity contribution in [3.63, 3.8) is 0 Å². The Labute approximate surface area is 192 Å². The van der Waals surface area contributed by atoms with E-state index in [4.69, 9.17) is 9.47 Å². The highest BCUT2D eigenvalue weighted by Crippen LogP contribution is 2.32. The van der Waals surface area contributed by atoms with E-state index < -0.39 is 22.5 Å². The number of nitrogens with zero attached hydrogens (tertiary/aromatic N) is 1. The molecule has 0 atom stereocenters. The van der Waals surface area contributed by atoms with Crippen LogP contribution in [0.5, 0.6) is 11.5 Å². The molecule has 0 saturated carbocycles. The molecule has 0 bridgehead atoms. The number of para-hydroxylation sites is 2. The molecule has 0 aliphatic carbocycles. The van der Waals surface area contributed by atoms with Crippen molar-refractivity contribution in [1.29, 1.82) is 0 Å². The minimum atomic E-state index is -4.05. The van der Waals surface area contributed by atoms with E-state index in [9.17, 15) is 17.6 Å². The average molecular weight is 473 g/mol. The van der Waals surface area contributed by atoms with Gasteiger partial charge < -0.3 is 14.8 Å². The molecule has 9 heteroatoms. The maximum Gasteiger partial charge on any atom is 0.264 e. The fourth-order valence-corrected chi connectivity index (χ4v) is 4.48. The fraction of sp³-hybridized carbons (Fsp3) is 0.208. The van der Waals surface area contributed by atoms with Crippen LogP contribution >= 0.6 is 0 Å². The molecule has 0 spiro atoms. The van der Waals surface area contributed by atoms with Gasteiger partial charge in [0.1, 0.15) is 30.5 Å². The molecule has 3 aromatic rings. The first-order chi connectivity index (χ1) is 15.8. The molecule has 174 valence electrons. The molecule has 0 saturated heterocycles. The summed E-state index contributed by atoms with van der Waals surface area (Å²) in [4.78, 5) is 12.7. The van der Waals surface area contributed by atoms with E-state index in [0.717, 1.165) is 9.87 Å². The molecule has 1 N–H and O–H groups in total. The van der Waals surface area contributed by atoms with Crippen molar-refractivity contribution in [3.05, 3.63) is 84.2 Å². The van der Waals surface area contributed by atoms with Crippen LogP contribution in [0.4, 0.5) is 10.1 Å². The molecule has 1 amide bonds. The number of carbonyl (C=O) groups is 1. The van der Waals surface area contributed by atoms with Crippen molar-refractivity contribution in [3.8, 4) is 11.5 Å². The number of hydrogen-bond acceptors (Lipinski definition) is 5. The summed E-state index contributed by atoms with van der Waals surface area (Å²) in [6, 6.07) is 18.5. The summed E-state index contributed by atoms with van der Waals surface area (Å²) >= 11 is 0. The van der Waals surface area contributed by atoms with Crippen molar-refractivity contribution >= 4 is 21.6 Å². The topological polar surface area (TPSA) is 84.9 Å². The number of rotatable bonds is 10. The quantitative estimate of drug-likeness (QED) is 0.457. The number of amides is 1. The lowest BCUT2D eigenvalue weighted by Crippen LogP contribution is -2.42. The van der Waals surface area contributed by atoms with E-state index in [0.29, 0.717) is 11.5 Å². The van der Waals surface area contributed by atoms with E-state index in [1.54, 1.807) is 36.4 Å². The molecule has 0 unspecified atom stereocenters. The van der Waals surface area contributed by atoms with Gasteiger partial charge in [0.15, 0.2) is 0 Å². The summed E-state index contributed by atoms with van der Waals surface area (Å²) in [6.45, 7) is 1.68. The highest BCUT2D eigenvalue weighted by Gasteiger charge is 2.29. The van der Waals surface area contributed by atoms with E-state index in [2.05, 4.69) is 5.32 Å². The van der Waals surface area contributed by atoms with Crippen LogP contribution in [0, 0.1) is 12.7 Å². The lowest BCUT2D eigenvalue weighted by molar-refractivity contribution is -0.119. The van der Waals surface area contributed by atoms with E-state index in [-0.39, 0.29) is 29.6 Å². The molecule has 0 heterocycles. The van der Waals surface area contributed by atoms with Gasteiger partial charge in [-0.3, -0.25) is 9.10 Å². The van der Waals surface area contributed by atoms with Gasteiger partial charge in [0, 0.05) is 0 Å². The molecule has 0 aliphatic rings. The number of carbonyl (C=O) groups excluding carboxylic acids is 1. The zero-order valence-corrected chi connectivity index (χ0v) is 19.1. The summed E-state index contributed by atoms with van der Waals surface area (Å²) in [5, 5.41) is 2.65. The van der Waals surface area contributed by atoms with Gasteiger partial charge in [0.2, 0.25) is 5.91 Å². The zero-order chi connectivity index (χ0) is 23.8. The van der Waals surface area contributed by atoms with Crippen LogP contribution in [0.25, 0.3) is 0 Å². The van der Waals surface area contributed by atoms with Crippen LogP contribution < -0.4 is 19.1 Å². The standard InChI is InChI=1S/C24H25FN2O5S/c1-18-7-13-21(14-8-18)33(29,30)27(22-5-3-4-6-23(22)31-2)17-24(28)26-15-16-32-20-11-9-19(25)10-12-20/h3-14H,15-17H2,1-2H3,(H,26,28). The summed E-state index contributed by atoms with van der Waals surface area (Å²) in [5.41, 5.74) is 1.16. The van der Waals surface area contributed by atoms with E-state index in [1.165, 1.54) is 43.5 Å². The first kappa shape index (κ1) is 24.1. The molecule has 7 nitrogen and oxygen atoms in total. The Kier molecular flexibility index (Phi) is 7.89. The monoisotopic (exact) mass is 472 g/mol. The Balaban J connectivity index is 1.74. The van der Waals surface area contributed by atoms with E-state index >= 15 is 0 Å². The minimum absolute atomic E-state index is 0.0615. The van der Waals surface area contributed by atoms with Crippen LogP contribution in [0.1, 0.15) is 5.56 Å². The number of ether oxygens (including phenoxy) is 2. The lowest BCUT2D eigenvalue weighted by Gasteiger charge is -2.25. The second kappa shape index (κ2) is 10.8. The smallest absolute Gasteiger partial charge is 0.264 e. The number of benzene rings is 3. The van der Waals surface area contributed by atoms with Gasteiger partial charge in [-0.1, -0.05) is 29.8 Å². The lowest BCUT2D eigenvalue weighted by atomic mass is 10.2. The normalized spacial score (nSPS) is 11.0. The molecule has 3 rings (SSSR count). The van der Waals surface area contributed by atoms with Crippen molar-refractivity contribution in [2.45, 2.75) is 11.8 Å². The number of aryl methyl sites for hydroxylation is 1. The van der Waals surface area contributed by atoms with Crippen molar-refractivity contribution in [2.24, 2.45) is 0 Å². The Hall–Kier alpha value is -3.59. The van der Waals surface area contributed by atoms with Crippen molar-refractivity contribution in [1.82, 2.24) is 5.32 Å². The molecule has 33 heavy (non-hydrogen) atoms. The predicted octanol–water partition coefficient (Wildman–Crippen LogP) is 3.53. The first-order valence-electron chi connectivity index (χ1n) is 10.2. The summed E-state index contributed by atoms with van der Waals surface area (Å²) in [6.07, 6.45) is 0. The van der Waals surface area contributed by atoms with Crippen molar-refractivity contribution < 1.29 is 27.1 Å². The molecular weight excluding hydrogens is 447 g/mol. The number of methoxy groups -OCH3 is 1. The van der Waals surface area contributed by atoms with Gasteiger partial charge in [-0.15, -0.1) is 0 Å². The Morgan fingerprint density at radius 1 is 1.00 bits per heavy atom. The molecule has 0 radical (unpaired) electrons. The predicted molar refractivity (Wildman–Crippen MR) is 124 cm³/mol. The largest absolute Gasteiger partial charge is 0.495 e. The van der Waals surface area contributed by atoms with Gasteiger partial charge in [-0.25, -0.2) is 12.8 Å². The van der Waals surface area contributed by atoms with Gasteiger partial charge in [0.05, 0.1) is 24.2 Å². The third-order valence-corrected chi connectivity index (χ3v) is 6.53. The van der Waals surface area contributed by atoms with Crippen molar-refractivity contribution in [2.75, 3.05) is 31.1 Å². The summed E-state index contributed by atoms with van der Waals surface area (Å²) < 4.78 is 51.6. The van der Waals surface area contributed by atoms with Crippen LogP contribution in [-0.4, -0.2) is 41.1 Å².